The molecule has 2 aromatic rings. The van der Waals surface area contributed by atoms with Crippen LogP contribution in [0.2, 0.25) is 0 Å². The number of carbonyl (C=O) groups excluding carboxylic acids is 1. The van der Waals surface area contributed by atoms with Gasteiger partial charge >= 0.3 is 0 Å². The molecule has 0 fully saturated rings. The number of nitrogens with two attached hydrogens (primary N) is 1. The Morgan fingerprint density at radius 3 is 2.35 bits per heavy atom. The van der Waals surface area contributed by atoms with E-state index in [1.807, 2.05) is 36.4 Å². The molecule has 0 aromatic heterocycles. The van der Waals surface area contributed by atoms with E-state index in [4.69, 9.17) is 5.73 Å². The summed E-state index contributed by atoms with van der Waals surface area (Å²) in [6, 6.07) is 12.2. The highest BCUT2D eigenvalue weighted by Gasteiger charge is 2.09. The lowest BCUT2D eigenvalue weighted by Crippen LogP contribution is -2.11. The Kier molecular flexibility index (Phi) is 2.08. The number of carbonyl (C=O) groups is 1. The van der Waals surface area contributed by atoms with Gasteiger partial charge in [0.15, 0.2) is 0 Å². The summed E-state index contributed by atoms with van der Waals surface area (Å²) < 4.78 is 0. The third-order valence-corrected chi connectivity index (χ3v) is 3.01. The Bertz CT molecular complexity index is 675. The second-order valence-corrected chi connectivity index (χ2v) is 4.09. The molecule has 2 heteroatoms. The first kappa shape index (κ1) is 9.85. The Morgan fingerprint density at radius 1 is 0.941 bits per heavy atom. The molecule has 0 saturated carbocycles. The Hall–Kier alpha value is -2.35. The third kappa shape index (κ3) is 1.54. The van der Waals surface area contributed by atoms with Gasteiger partial charge < -0.3 is 5.73 Å². The van der Waals surface area contributed by atoms with Crippen molar-refractivity contribution < 1.29 is 4.79 Å². The maximum Gasteiger partial charge on any atom is 0.248 e. The van der Waals surface area contributed by atoms with Gasteiger partial charge in [0.2, 0.25) is 5.91 Å². The van der Waals surface area contributed by atoms with Crippen LogP contribution in [0.15, 0.2) is 48.0 Å². The lowest BCUT2D eigenvalue weighted by Gasteiger charge is -2.04. The number of primary amides is 1. The van der Waals surface area contributed by atoms with E-state index in [1.54, 1.807) is 6.08 Å². The quantitative estimate of drug-likeness (QED) is 0.790. The zero-order valence-corrected chi connectivity index (χ0v) is 9.18. The molecule has 0 aliphatic heterocycles. The second kappa shape index (κ2) is 3.59. The van der Waals surface area contributed by atoms with Gasteiger partial charge in [0.05, 0.1) is 0 Å². The predicted molar refractivity (Wildman–Crippen MR) is 70.2 cm³/mol. The minimum absolute atomic E-state index is 0.397. The van der Waals surface area contributed by atoms with Gasteiger partial charge in [-0.3, -0.25) is 4.79 Å². The Balaban J connectivity index is 2.40. The van der Waals surface area contributed by atoms with Gasteiger partial charge in [0, 0.05) is 5.57 Å². The van der Waals surface area contributed by atoms with Crippen molar-refractivity contribution in [2.75, 3.05) is 0 Å². The van der Waals surface area contributed by atoms with Crippen LogP contribution in [0.3, 0.4) is 0 Å². The fraction of sp³-hybridized carbons (Fsp3) is 0. The van der Waals surface area contributed by atoms with E-state index in [-0.39, 0.29) is 0 Å². The van der Waals surface area contributed by atoms with Crippen LogP contribution < -0.4 is 5.73 Å². The lowest BCUT2D eigenvalue weighted by molar-refractivity contribution is -0.114. The highest BCUT2D eigenvalue weighted by atomic mass is 16.1. The van der Waals surface area contributed by atoms with Crippen molar-refractivity contribution in [3.63, 3.8) is 0 Å². The lowest BCUT2D eigenvalue weighted by atomic mass is 10.00. The molecule has 0 bridgehead atoms. The third-order valence-electron chi connectivity index (χ3n) is 3.01. The molecule has 1 aliphatic carbocycles. The number of amides is 1. The minimum Gasteiger partial charge on any atom is -0.366 e. The van der Waals surface area contributed by atoms with Crippen LogP contribution >= 0.6 is 0 Å². The largest absolute Gasteiger partial charge is 0.366 e. The summed E-state index contributed by atoms with van der Waals surface area (Å²) in [4.78, 5) is 11.3. The maximum absolute atomic E-state index is 11.3. The standard InChI is InChI=1S/C15H11NO/c16-15(17)13-8-7-11-5-1-3-10-4-2-6-12(9-13)14(10)11/h1-9H,(H2,16,17). The van der Waals surface area contributed by atoms with E-state index in [9.17, 15) is 4.79 Å². The summed E-state index contributed by atoms with van der Waals surface area (Å²) in [6.45, 7) is 0. The van der Waals surface area contributed by atoms with Crippen molar-refractivity contribution in [1.29, 1.82) is 0 Å². The van der Waals surface area contributed by atoms with Crippen LogP contribution in [0, 0.1) is 0 Å². The summed E-state index contributed by atoms with van der Waals surface area (Å²) >= 11 is 0. The van der Waals surface area contributed by atoms with E-state index in [1.165, 1.54) is 10.8 Å². The molecule has 82 valence electrons. The van der Waals surface area contributed by atoms with Gasteiger partial charge in [-0.05, 0) is 34.1 Å². The molecule has 17 heavy (non-hydrogen) atoms. The summed E-state index contributed by atoms with van der Waals surface area (Å²) in [5, 5.41) is 2.34. The smallest absolute Gasteiger partial charge is 0.248 e. The van der Waals surface area contributed by atoms with Crippen molar-refractivity contribution in [2.45, 2.75) is 0 Å². The highest BCUT2D eigenvalue weighted by Crippen LogP contribution is 2.28. The summed E-state index contributed by atoms with van der Waals surface area (Å²) in [7, 11) is 0. The van der Waals surface area contributed by atoms with E-state index in [2.05, 4.69) is 12.1 Å². The normalized spacial score (nSPS) is 13.3. The van der Waals surface area contributed by atoms with Gasteiger partial charge in [-0.15, -0.1) is 0 Å². The van der Waals surface area contributed by atoms with Crippen LogP contribution in [0.1, 0.15) is 11.1 Å². The predicted octanol–water partition coefficient (Wildman–Crippen LogP) is 2.74. The zero-order valence-electron chi connectivity index (χ0n) is 9.18. The molecule has 1 aliphatic rings. The fourth-order valence-electron chi connectivity index (χ4n) is 2.21. The molecule has 3 rings (SSSR count). The van der Waals surface area contributed by atoms with E-state index in [0.717, 1.165) is 11.1 Å². The minimum atomic E-state index is -0.397. The molecule has 0 spiro atoms. The summed E-state index contributed by atoms with van der Waals surface area (Å²) in [6.07, 6.45) is 5.56. The van der Waals surface area contributed by atoms with Gasteiger partial charge in [-0.25, -0.2) is 0 Å². The second-order valence-electron chi connectivity index (χ2n) is 4.09. The molecule has 1 amide bonds. The molecule has 2 aromatic carbocycles. The van der Waals surface area contributed by atoms with Crippen molar-refractivity contribution in [3.8, 4) is 0 Å². The fourth-order valence-corrected chi connectivity index (χ4v) is 2.21. The number of rotatable bonds is 1. The van der Waals surface area contributed by atoms with Crippen LogP contribution in [0.4, 0.5) is 0 Å². The number of hydrogen-bond donors (Lipinski definition) is 1. The van der Waals surface area contributed by atoms with Gasteiger partial charge in [-0.1, -0.05) is 42.5 Å². The molecule has 0 heterocycles. The molecular formula is C15H11NO. The van der Waals surface area contributed by atoms with Crippen LogP contribution in [0.25, 0.3) is 22.9 Å². The van der Waals surface area contributed by atoms with Gasteiger partial charge in [0.25, 0.3) is 0 Å². The maximum atomic E-state index is 11.3. The monoisotopic (exact) mass is 221 g/mol. The van der Waals surface area contributed by atoms with Crippen molar-refractivity contribution in [3.05, 3.63) is 59.2 Å². The first-order chi connectivity index (χ1) is 8.25. The van der Waals surface area contributed by atoms with Crippen molar-refractivity contribution in [2.24, 2.45) is 5.73 Å². The van der Waals surface area contributed by atoms with Crippen LogP contribution in [0.5, 0.6) is 0 Å². The van der Waals surface area contributed by atoms with E-state index >= 15 is 0 Å². The first-order valence-electron chi connectivity index (χ1n) is 5.47. The molecule has 0 radical (unpaired) electrons. The molecule has 0 saturated heterocycles. The SMILES string of the molecule is NC(=O)C1=Cc2cccc3cccc(c23)C=C1. The molecule has 0 unspecified atom stereocenters. The summed E-state index contributed by atoms with van der Waals surface area (Å²) in [5.74, 6) is -0.397. The molecule has 2 N–H and O–H groups in total. The Labute approximate surface area is 99.1 Å². The molecule has 2 nitrogen and oxygen atoms in total. The molecular weight excluding hydrogens is 210 g/mol. The number of benzene rings is 2. The highest BCUT2D eigenvalue weighted by molar-refractivity contribution is 6.07. The van der Waals surface area contributed by atoms with E-state index in [0.29, 0.717) is 5.57 Å². The van der Waals surface area contributed by atoms with E-state index < -0.39 is 5.91 Å². The van der Waals surface area contributed by atoms with Crippen LogP contribution in [-0.4, -0.2) is 5.91 Å². The zero-order chi connectivity index (χ0) is 11.8. The average molecular weight is 221 g/mol. The molecule has 0 atom stereocenters. The van der Waals surface area contributed by atoms with Gasteiger partial charge in [-0.2, -0.15) is 0 Å². The topological polar surface area (TPSA) is 43.1 Å². The average Bonchev–Trinajstić information content (AvgIpc) is 2.52. The van der Waals surface area contributed by atoms with Crippen molar-refractivity contribution >= 4 is 28.8 Å². The van der Waals surface area contributed by atoms with Crippen molar-refractivity contribution in [1.82, 2.24) is 0 Å². The summed E-state index contributed by atoms with van der Waals surface area (Å²) in [5.41, 5.74) is 8.03. The number of hydrogen-bond acceptors (Lipinski definition) is 1. The van der Waals surface area contributed by atoms with Gasteiger partial charge in [0.1, 0.15) is 0 Å². The Morgan fingerprint density at radius 2 is 1.65 bits per heavy atom. The first-order valence-corrected chi connectivity index (χ1v) is 5.47. The van der Waals surface area contributed by atoms with Crippen LogP contribution in [-0.2, 0) is 4.79 Å².